The molecule has 0 spiro atoms. The van der Waals surface area contributed by atoms with E-state index in [-0.39, 0.29) is 0 Å². The largest absolute Gasteiger partial charge is 0.466 e. The van der Waals surface area contributed by atoms with E-state index in [4.69, 9.17) is 16.9 Å². The molecule has 120 valence electrons. The molecule has 1 amide bonds. The van der Waals surface area contributed by atoms with Crippen LogP contribution in [0, 0.1) is 17.8 Å². The number of hydrogen-bond acceptors (Lipinski definition) is 4. The predicted octanol–water partition coefficient (Wildman–Crippen LogP) is 3.19. The number of carbonyl (C=O) groups is 1. The number of fused-ring (bicyclic) bond motifs is 1. The van der Waals surface area contributed by atoms with E-state index < -0.39 is 16.3 Å². The summed E-state index contributed by atoms with van der Waals surface area (Å²) in [4.78, 5) is 15.2. The van der Waals surface area contributed by atoms with Crippen LogP contribution >= 0.6 is 11.8 Å². The number of pyridine rings is 1. The van der Waals surface area contributed by atoms with Gasteiger partial charge in [-0.1, -0.05) is 26.7 Å². The van der Waals surface area contributed by atoms with Crippen LogP contribution in [0.2, 0.25) is 0 Å². The molecular formula is C18H20N2O2S. The Morgan fingerprint density at radius 1 is 1.35 bits per heavy atom. The van der Waals surface area contributed by atoms with Crippen LogP contribution in [-0.2, 0) is 4.79 Å². The van der Waals surface area contributed by atoms with Gasteiger partial charge in [-0.3, -0.25) is 9.78 Å². The second kappa shape index (κ2) is 6.13. The number of aromatic nitrogens is 1. The Hall–Kier alpha value is -2.19. The van der Waals surface area contributed by atoms with Gasteiger partial charge in [0.2, 0.25) is 4.93 Å². The molecule has 2 N–H and O–H groups in total. The van der Waals surface area contributed by atoms with Crippen LogP contribution in [0.4, 0.5) is 0 Å². The molecule has 0 bridgehead atoms. The van der Waals surface area contributed by atoms with Gasteiger partial charge in [-0.05, 0) is 30.5 Å². The van der Waals surface area contributed by atoms with Crippen LogP contribution in [0.5, 0.6) is 5.75 Å². The van der Waals surface area contributed by atoms with E-state index in [9.17, 15) is 4.79 Å². The number of rotatable bonds is 4. The molecule has 0 fully saturated rings. The van der Waals surface area contributed by atoms with Crippen LogP contribution in [-0.4, -0.2) is 22.1 Å². The van der Waals surface area contributed by atoms with Gasteiger partial charge in [-0.15, -0.1) is 18.2 Å². The molecule has 1 heterocycles. The summed E-state index contributed by atoms with van der Waals surface area (Å²) in [5.41, 5.74) is 6.67. The van der Waals surface area contributed by atoms with Crippen LogP contribution in [0.1, 0.15) is 26.3 Å². The molecule has 1 atom stereocenters. The lowest BCUT2D eigenvalue weighted by molar-refractivity contribution is -0.132. The molecule has 1 aromatic heterocycles. The van der Waals surface area contributed by atoms with Crippen molar-refractivity contribution in [2.24, 2.45) is 11.1 Å². The molecule has 1 aromatic carbocycles. The average molecular weight is 328 g/mol. The van der Waals surface area contributed by atoms with Crippen molar-refractivity contribution in [3.8, 4) is 18.1 Å². The number of amides is 1. The molecule has 1 unspecified atom stereocenters. The molecule has 5 heteroatoms. The number of ether oxygens (including phenoxy) is 1. The highest BCUT2D eigenvalue weighted by Crippen LogP contribution is 2.42. The Balaban J connectivity index is 2.51. The third-order valence-corrected chi connectivity index (χ3v) is 5.15. The van der Waals surface area contributed by atoms with Crippen molar-refractivity contribution in [1.29, 1.82) is 0 Å². The number of primary amides is 1. The summed E-state index contributed by atoms with van der Waals surface area (Å²) in [6.45, 7) is 5.77. The standard InChI is InChI=1S/C18H20N2O2S/c1-6-12-9-13-10-14(7-8-15(13)20-11-12)22-18(23-5,16(19)21)17(2,3)4/h1,7-11H,2-5H3,(H2,19,21). The third kappa shape index (κ3) is 3.13. The van der Waals surface area contributed by atoms with Gasteiger partial charge in [0.1, 0.15) is 5.75 Å². The van der Waals surface area contributed by atoms with Crippen molar-refractivity contribution in [3.63, 3.8) is 0 Å². The average Bonchev–Trinajstić information content (AvgIpc) is 2.50. The Morgan fingerprint density at radius 3 is 2.57 bits per heavy atom. The lowest BCUT2D eigenvalue weighted by atomic mass is 9.87. The van der Waals surface area contributed by atoms with E-state index in [1.165, 1.54) is 11.8 Å². The summed E-state index contributed by atoms with van der Waals surface area (Å²) in [6.07, 6.45) is 8.87. The molecule has 0 aliphatic heterocycles. The summed E-state index contributed by atoms with van der Waals surface area (Å²) in [7, 11) is 0. The maximum atomic E-state index is 12.1. The summed E-state index contributed by atoms with van der Waals surface area (Å²) >= 11 is 1.30. The number of thioether (sulfide) groups is 1. The van der Waals surface area contributed by atoms with Crippen LogP contribution in [0.15, 0.2) is 30.5 Å². The zero-order valence-corrected chi connectivity index (χ0v) is 14.5. The first-order valence-corrected chi connectivity index (χ1v) is 8.36. The highest BCUT2D eigenvalue weighted by atomic mass is 32.2. The fourth-order valence-electron chi connectivity index (χ4n) is 2.44. The number of carbonyl (C=O) groups excluding carboxylic acids is 1. The Morgan fingerprint density at radius 2 is 2.04 bits per heavy atom. The zero-order chi connectivity index (χ0) is 17.3. The molecule has 2 aromatic rings. The van der Waals surface area contributed by atoms with E-state index in [0.717, 1.165) is 10.9 Å². The van der Waals surface area contributed by atoms with Crippen LogP contribution in [0.3, 0.4) is 0 Å². The first kappa shape index (κ1) is 17.2. The van der Waals surface area contributed by atoms with E-state index in [1.54, 1.807) is 12.3 Å². The highest BCUT2D eigenvalue weighted by molar-refractivity contribution is 8.00. The van der Waals surface area contributed by atoms with Gasteiger partial charge in [0.05, 0.1) is 5.52 Å². The molecule has 23 heavy (non-hydrogen) atoms. The highest BCUT2D eigenvalue weighted by Gasteiger charge is 2.49. The SMILES string of the molecule is C#Cc1cnc2ccc(OC(SC)(C(N)=O)C(C)(C)C)cc2c1. The molecule has 0 radical (unpaired) electrons. The Bertz CT molecular complexity index is 790. The number of hydrogen-bond donors (Lipinski definition) is 1. The van der Waals surface area contributed by atoms with Crippen molar-refractivity contribution >= 4 is 28.6 Å². The lowest BCUT2D eigenvalue weighted by Gasteiger charge is -2.40. The lowest BCUT2D eigenvalue weighted by Crippen LogP contribution is -2.55. The van der Waals surface area contributed by atoms with Crippen molar-refractivity contribution < 1.29 is 9.53 Å². The first-order valence-electron chi connectivity index (χ1n) is 7.14. The van der Waals surface area contributed by atoms with Gasteiger partial charge < -0.3 is 10.5 Å². The number of benzene rings is 1. The second-order valence-corrected chi connectivity index (χ2v) is 7.24. The normalized spacial score (nSPS) is 14.0. The Labute approximate surface area is 140 Å². The predicted molar refractivity (Wildman–Crippen MR) is 95.2 cm³/mol. The Kier molecular flexibility index (Phi) is 4.58. The minimum absolute atomic E-state index is 0.480. The third-order valence-electron chi connectivity index (χ3n) is 3.68. The van der Waals surface area contributed by atoms with Crippen molar-refractivity contribution in [2.75, 3.05) is 6.26 Å². The topological polar surface area (TPSA) is 65.2 Å². The van der Waals surface area contributed by atoms with Gasteiger partial charge in [0.15, 0.2) is 0 Å². The van der Waals surface area contributed by atoms with Gasteiger partial charge in [0, 0.05) is 22.6 Å². The van der Waals surface area contributed by atoms with E-state index in [1.807, 2.05) is 45.2 Å². The fourth-order valence-corrected chi connectivity index (χ4v) is 3.43. The summed E-state index contributed by atoms with van der Waals surface area (Å²) < 4.78 is 6.07. The van der Waals surface area contributed by atoms with E-state index in [2.05, 4.69) is 10.9 Å². The van der Waals surface area contributed by atoms with E-state index >= 15 is 0 Å². The maximum Gasteiger partial charge on any atom is 0.272 e. The molecule has 0 saturated heterocycles. The van der Waals surface area contributed by atoms with Crippen LogP contribution < -0.4 is 10.5 Å². The van der Waals surface area contributed by atoms with E-state index in [0.29, 0.717) is 11.3 Å². The number of nitrogens with two attached hydrogens (primary N) is 1. The minimum atomic E-state index is -1.17. The quantitative estimate of drug-likeness (QED) is 0.691. The second-order valence-electron chi connectivity index (χ2n) is 6.26. The monoisotopic (exact) mass is 328 g/mol. The van der Waals surface area contributed by atoms with Gasteiger partial charge >= 0.3 is 0 Å². The summed E-state index contributed by atoms with van der Waals surface area (Å²) in [6, 6.07) is 7.30. The molecule has 0 aliphatic carbocycles. The van der Waals surface area contributed by atoms with Crippen LogP contribution in [0.25, 0.3) is 10.9 Å². The number of nitrogens with zero attached hydrogens (tertiary/aromatic N) is 1. The van der Waals surface area contributed by atoms with Crippen molar-refractivity contribution in [3.05, 3.63) is 36.0 Å². The smallest absolute Gasteiger partial charge is 0.272 e. The molecule has 4 nitrogen and oxygen atoms in total. The molecule has 2 rings (SSSR count). The van der Waals surface area contributed by atoms with Gasteiger partial charge in [0.25, 0.3) is 5.91 Å². The maximum absolute atomic E-state index is 12.1. The summed E-state index contributed by atoms with van der Waals surface area (Å²) in [5.74, 6) is 2.60. The zero-order valence-electron chi connectivity index (χ0n) is 13.7. The minimum Gasteiger partial charge on any atom is -0.466 e. The molecule has 0 aliphatic rings. The molecular weight excluding hydrogens is 308 g/mol. The van der Waals surface area contributed by atoms with Gasteiger partial charge in [-0.25, -0.2) is 0 Å². The van der Waals surface area contributed by atoms with Gasteiger partial charge in [-0.2, -0.15) is 0 Å². The van der Waals surface area contributed by atoms with Crippen molar-refractivity contribution in [1.82, 2.24) is 4.98 Å². The fraction of sp³-hybridized carbons (Fsp3) is 0.333. The summed E-state index contributed by atoms with van der Waals surface area (Å²) in [5, 5.41) is 0.853. The molecule has 0 saturated carbocycles. The number of terminal acetylenes is 1. The first-order chi connectivity index (χ1) is 10.7. The van der Waals surface area contributed by atoms with Crippen molar-refractivity contribution in [2.45, 2.75) is 25.7 Å².